The van der Waals surface area contributed by atoms with Gasteiger partial charge in [-0.05, 0) is 56.1 Å². The van der Waals surface area contributed by atoms with Crippen molar-refractivity contribution in [2.75, 3.05) is 31.7 Å². The molecule has 2 aromatic carbocycles. The minimum absolute atomic E-state index is 0. The molecule has 0 aliphatic carbocycles. The van der Waals surface area contributed by atoms with E-state index in [1.165, 1.54) is 19.3 Å². The van der Waals surface area contributed by atoms with Crippen LogP contribution in [0.25, 0.3) is 0 Å². The van der Waals surface area contributed by atoms with E-state index in [0.717, 1.165) is 24.3 Å². The number of hydrogen-bond acceptors (Lipinski definition) is 4. The second-order valence-corrected chi connectivity index (χ2v) is 8.72. The summed E-state index contributed by atoms with van der Waals surface area (Å²) in [7, 11) is 1.62. The van der Waals surface area contributed by atoms with Crippen molar-refractivity contribution in [3.63, 3.8) is 0 Å². The Balaban J connectivity index is 0.00000272. The number of carbonyl (C=O) groups is 1. The van der Waals surface area contributed by atoms with E-state index in [1.54, 1.807) is 24.1 Å². The average molecular weight is 486 g/mol. The van der Waals surface area contributed by atoms with Gasteiger partial charge >= 0.3 is 0 Å². The van der Waals surface area contributed by atoms with Crippen LogP contribution in [0.4, 0.5) is 5.69 Å². The fourth-order valence-electron chi connectivity index (χ4n) is 4.29. The van der Waals surface area contributed by atoms with Crippen LogP contribution < -0.4 is 14.4 Å². The van der Waals surface area contributed by atoms with Crippen molar-refractivity contribution in [1.29, 1.82) is 0 Å². The molecule has 2 aliphatic heterocycles. The Kier molecular flexibility index (Phi) is 7.98. The molecule has 1 amide bonds. The number of benzene rings is 2. The molecule has 1 fully saturated rings. The summed E-state index contributed by atoms with van der Waals surface area (Å²) in [6, 6.07) is 9.54. The van der Waals surface area contributed by atoms with E-state index < -0.39 is 0 Å². The van der Waals surface area contributed by atoms with Crippen LogP contribution in [-0.2, 0) is 6.54 Å². The van der Waals surface area contributed by atoms with Crippen molar-refractivity contribution in [2.24, 2.45) is 0 Å². The highest BCUT2D eigenvalue weighted by Crippen LogP contribution is 2.38. The molecular formula is C23H27Cl3N2O3. The number of rotatable bonds is 6. The summed E-state index contributed by atoms with van der Waals surface area (Å²) in [5, 5.41) is 0.907. The molecule has 4 rings (SSSR count). The van der Waals surface area contributed by atoms with Crippen molar-refractivity contribution in [2.45, 2.75) is 38.8 Å². The van der Waals surface area contributed by atoms with Gasteiger partial charge in [-0.3, -0.25) is 9.69 Å². The molecule has 0 radical (unpaired) electrons. The van der Waals surface area contributed by atoms with E-state index in [4.69, 9.17) is 32.7 Å². The van der Waals surface area contributed by atoms with Crippen molar-refractivity contribution >= 4 is 47.2 Å². The summed E-state index contributed by atoms with van der Waals surface area (Å²) < 4.78 is 11.6. The fourth-order valence-corrected chi connectivity index (χ4v) is 4.90. The van der Waals surface area contributed by atoms with E-state index in [9.17, 15) is 4.79 Å². The molecule has 5 nitrogen and oxygen atoms in total. The van der Waals surface area contributed by atoms with Gasteiger partial charge in [-0.25, -0.2) is 0 Å². The first-order valence-electron chi connectivity index (χ1n) is 10.3. The van der Waals surface area contributed by atoms with Gasteiger partial charge in [0.25, 0.3) is 5.91 Å². The topological polar surface area (TPSA) is 42.0 Å². The number of amides is 1. The van der Waals surface area contributed by atoms with Crippen molar-refractivity contribution in [1.82, 2.24) is 4.90 Å². The Hall–Kier alpha value is -1.66. The van der Waals surface area contributed by atoms with Crippen LogP contribution >= 0.6 is 35.6 Å². The van der Waals surface area contributed by atoms with Crippen LogP contribution in [0, 0.1) is 0 Å². The van der Waals surface area contributed by atoms with Crippen LogP contribution in [0.5, 0.6) is 11.5 Å². The molecule has 2 aliphatic rings. The summed E-state index contributed by atoms with van der Waals surface area (Å²) >= 11 is 12.4. The second kappa shape index (κ2) is 10.3. The first kappa shape index (κ1) is 24.0. The molecular weight excluding hydrogens is 459 g/mol. The number of halogens is 3. The van der Waals surface area contributed by atoms with Crippen LogP contribution in [0.2, 0.25) is 10.0 Å². The van der Waals surface area contributed by atoms with Gasteiger partial charge in [0.2, 0.25) is 0 Å². The maximum absolute atomic E-state index is 13.0. The van der Waals surface area contributed by atoms with Crippen LogP contribution in [0.1, 0.15) is 42.1 Å². The fraction of sp³-hybridized carbons (Fsp3) is 0.435. The largest absolute Gasteiger partial charge is 0.493 e. The number of carbonyl (C=O) groups excluding carboxylic acids is 1. The molecule has 0 aromatic heterocycles. The Morgan fingerprint density at radius 1 is 1.13 bits per heavy atom. The van der Waals surface area contributed by atoms with E-state index >= 15 is 0 Å². The van der Waals surface area contributed by atoms with E-state index in [0.29, 0.717) is 46.3 Å². The lowest BCUT2D eigenvalue weighted by atomic mass is 10.0. The molecule has 1 saturated heterocycles. The Labute approximate surface area is 199 Å². The number of piperidine rings is 1. The number of likely N-dealkylation sites (tertiary alicyclic amines) is 1. The minimum atomic E-state index is -0.134. The van der Waals surface area contributed by atoms with Gasteiger partial charge in [0.1, 0.15) is 6.61 Å². The molecule has 1 atom stereocenters. The van der Waals surface area contributed by atoms with Gasteiger partial charge in [-0.15, -0.1) is 12.4 Å². The third-order valence-corrected chi connectivity index (χ3v) is 6.48. The Morgan fingerprint density at radius 3 is 2.68 bits per heavy atom. The zero-order valence-electron chi connectivity index (χ0n) is 17.7. The van der Waals surface area contributed by atoms with E-state index in [1.807, 2.05) is 18.2 Å². The van der Waals surface area contributed by atoms with Gasteiger partial charge in [0.15, 0.2) is 11.5 Å². The van der Waals surface area contributed by atoms with E-state index in [-0.39, 0.29) is 18.3 Å². The van der Waals surface area contributed by atoms with Crippen LogP contribution in [0.3, 0.4) is 0 Å². The van der Waals surface area contributed by atoms with Gasteiger partial charge in [0, 0.05) is 29.4 Å². The second-order valence-electron chi connectivity index (χ2n) is 7.88. The molecule has 2 heterocycles. The maximum atomic E-state index is 13.0. The quantitative estimate of drug-likeness (QED) is 0.516. The Bertz CT molecular complexity index is 954. The maximum Gasteiger partial charge on any atom is 0.260 e. The zero-order valence-corrected chi connectivity index (χ0v) is 20.0. The molecule has 8 heteroatoms. The predicted octanol–water partition coefficient (Wildman–Crippen LogP) is 5.84. The van der Waals surface area contributed by atoms with Gasteiger partial charge < -0.3 is 14.4 Å². The lowest BCUT2D eigenvalue weighted by Gasteiger charge is -2.33. The number of methoxy groups -OCH3 is 1. The molecule has 1 unspecified atom stereocenters. The third-order valence-electron chi connectivity index (χ3n) is 5.96. The normalized spacial score (nSPS) is 18.5. The smallest absolute Gasteiger partial charge is 0.260 e. The minimum Gasteiger partial charge on any atom is -0.493 e. The zero-order chi connectivity index (χ0) is 21.3. The van der Waals surface area contributed by atoms with Gasteiger partial charge in [-0.2, -0.15) is 0 Å². The first-order chi connectivity index (χ1) is 14.5. The van der Waals surface area contributed by atoms with Gasteiger partial charge in [-0.1, -0.05) is 29.6 Å². The predicted molar refractivity (Wildman–Crippen MR) is 128 cm³/mol. The molecule has 168 valence electrons. The number of anilines is 1. The monoisotopic (exact) mass is 484 g/mol. The molecule has 0 N–H and O–H groups in total. The summed E-state index contributed by atoms with van der Waals surface area (Å²) in [4.78, 5) is 17.1. The lowest BCUT2D eigenvalue weighted by molar-refractivity contribution is 0.0996. The standard InChI is InChI=1S/C23H26Cl2N2O3.ClH/c1-15-5-3-4-8-26(15)9-10-30-21-13-18(6-7-20(21)29-2)27-14-16-11-17(24)12-19(25)22(16)23(27)28;/h6-7,11-13,15H,3-5,8-10,14H2,1-2H3;1H. The summed E-state index contributed by atoms with van der Waals surface area (Å²) in [5.74, 6) is 1.15. The molecule has 0 bridgehead atoms. The average Bonchev–Trinajstić information content (AvgIpc) is 3.05. The van der Waals surface area contributed by atoms with Crippen molar-refractivity contribution in [3.8, 4) is 11.5 Å². The molecule has 0 saturated carbocycles. The number of ether oxygens (including phenoxy) is 2. The summed E-state index contributed by atoms with van der Waals surface area (Å²) in [5.41, 5.74) is 2.08. The number of nitrogens with zero attached hydrogens (tertiary/aromatic N) is 2. The summed E-state index contributed by atoms with van der Waals surface area (Å²) in [6.07, 6.45) is 3.78. The number of fused-ring (bicyclic) bond motifs is 1. The Morgan fingerprint density at radius 2 is 1.94 bits per heavy atom. The molecule has 31 heavy (non-hydrogen) atoms. The first-order valence-corrected chi connectivity index (χ1v) is 11.1. The van der Waals surface area contributed by atoms with Crippen LogP contribution in [-0.4, -0.2) is 43.7 Å². The molecule has 0 spiro atoms. The van der Waals surface area contributed by atoms with Crippen LogP contribution in [0.15, 0.2) is 30.3 Å². The SMILES string of the molecule is COc1ccc(N2Cc3cc(Cl)cc(Cl)c3C2=O)cc1OCCN1CCCCC1C.Cl. The molecule has 2 aromatic rings. The van der Waals surface area contributed by atoms with E-state index in [2.05, 4.69) is 11.8 Å². The lowest BCUT2D eigenvalue weighted by Crippen LogP contribution is -2.39. The number of hydrogen-bond donors (Lipinski definition) is 0. The highest BCUT2D eigenvalue weighted by molar-refractivity contribution is 6.38. The van der Waals surface area contributed by atoms with Crippen molar-refractivity contribution in [3.05, 3.63) is 51.5 Å². The highest BCUT2D eigenvalue weighted by atomic mass is 35.5. The van der Waals surface area contributed by atoms with Crippen molar-refractivity contribution < 1.29 is 14.3 Å². The summed E-state index contributed by atoms with van der Waals surface area (Å²) in [6.45, 7) is 5.25. The third kappa shape index (κ3) is 5.06. The van der Waals surface area contributed by atoms with Gasteiger partial charge in [0.05, 0.1) is 24.2 Å². The highest BCUT2D eigenvalue weighted by Gasteiger charge is 2.31.